The highest BCUT2D eigenvalue weighted by atomic mass is 16.5. The molecule has 1 saturated heterocycles. The number of rotatable bonds is 7. The first-order valence-electron chi connectivity index (χ1n) is 8.32. The fraction of sp³-hybridized carbons (Fsp3) is 0.750. The number of aryl methyl sites for hydroxylation is 1. The molecule has 1 aromatic rings. The van der Waals surface area contributed by atoms with Crippen LogP contribution in [0.2, 0.25) is 0 Å². The van der Waals surface area contributed by atoms with E-state index in [2.05, 4.69) is 34.2 Å². The monoisotopic (exact) mass is 308 g/mol. The van der Waals surface area contributed by atoms with Gasteiger partial charge in [0.15, 0.2) is 11.7 Å². The summed E-state index contributed by atoms with van der Waals surface area (Å²) in [7, 11) is 0. The lowest BCUT2D eigenvalue weighted by Gasteiger charge is -2.21. The molecule has 1 aliphatic heterocycles. The summed E-state index contributed by atoms with van der Waals surface area (Å²) < 4.78 is 10.8. The number of likely N-dealkylation sites (tertiary alicyclic amines) is 1. The number of nitrogens with zero attached hydrogens (tertiary/aromatic N) is 3. The van der Waals surface area contributed by atoms with Gasteiger partial charge in [-0.05, 0) is 26.7 Å². The number of guanidine groups is 1. The van der Waals surface area contributed by atoms with E-state index in [-0.39, 0.29) is 0 Å². The zero-order chi connectivity index (χ0) is 15.8. The molecule has 0 bridgehead atoms. The van der Waals surface area contributed by atoms with Gasteiger partial charge in [-0.3, -0.25) is 0 Å². The highest BCUT2D eigenvalue weighted by Gasteiger charge is 2.24. The molecule has 0 aromatic carbocycles. The Hall–Kier alpha value is -1.56. The Morgan fingerprint density at radius 2 is 2.36 bits per heavy atom. The first kappa shape index (κ1) is 16.8. The summed E-state index contributed by atoms with van der Waals surface area (Å²) in [6.45, 7) is 11.3. The Balaban J connectivity index is 1.92. The van der Waals surface area contributed by atoms with E-state index in [1.165, 1.54) is 0 Å². The van der Waals surface area contributed by atoms with Gasteiger partial charge in [-0.25, -0.2) is 4.99 Å². The maximum absolute atomic E-state index is 5.54. The molecule has 0 spiro atoms. The molecule has 1 unspecified atom stereocenters. The van der Waals surface area contributed by atoms with Crippen molar-refractivity contribution >= 4 is 5.96 Å². The molecule has 1 aromatic heterocycles. The third-order valence-electron chi connectivity index (χ3n) is 3.83. The van der Waals surface area contributed by atoms with Crippen molar-refractivity contribution in [1.82, 2.24) is 15.4 Å². The largest absolute Gasteiger partial charge is 0.381 e. The molecule has 2 heterocycles. The van der Waals surface area contributed by atoms with Crippen molar-refractivity contribution in [3.8, 4) is 0 Å². The smallest absolute Gasteiger partial charge is 0.194 e. The summed E-state index contributed by atoms with van der Waals surface area (Å²) in [6.07, 6.45) is 2.05. The number of hydrogen-bond donors (Lipinski definition) is 1. The van der Waals surface area contributed by atoms with Crippen LogP contribution in [0.3, 0.4) is 0 Å². The van der Waals surface area contributed by atoms with Crippen LogP contribution < -0.4 is 5.32 Å². The van der Waals surface area contributed by atoms with Gasteiger partial charge in [-0.2, -0.15) is 0 Å². The Bertz CT molecular complexity index is 472. The van der Waals surface area contributed by atoms with E-state index in [9.17, 15) is 0 Å². The van der Waals surface area contributed by atoms with Crippen molar-refractivity contribution < 1.29 is 9.26 Å². The van der Waals surface area contributed by atoms with E-state index in [1.807, 2.05) is 13.0 Å². The van der Waals surface area contributed by atoms with Crippen LogP contribution in [0.5, 0.6) is 0 Å². The zero-order valence-electron chi connectivity index (χ0n) is 14.0. The van der Waals surface area contributed by atoms with Gasteiger partial charge in [0.25, 0.3) is 0 Å². The average Bonchev–Trinajstić information content (AvgIpc) is 3.18. The van der Waals surface area contributed by atoms with Crippen molar-refractivity contribution in [2.75, 3.05) is 32.8 Å². The Morgan fingerprint density at radius 1 is 1.50 bits per heavy atom. The summed E-state index contributed by atoms with van der Waals surface area (Å²) in [6, 6.07) is 1.98. The Labute approximate surface area is 132 Å². The zero-order valence-corrected chi connectivity index (χ0v) is 14.0. The molecule has 1 atom stereocenters. The van der Waals surface area contributed by atoms with Crippen LogP contribution in [-0.2, 0) is 17.7 Å². The molecule has 6 heteroatoms. The van der Waals surface area contributed by atoms with Crippen LogP contribution in [0, 0.1) is 5.92 Å². The minimum absolute atomic E-state index is 0.530. The molecule has 22 heavy (non-hydrogen) atoms. The Morgan fingerprint density at radius 3 is 3.05 bits per heavy atom. The first-order valence-corrected chi connectivity index (χ1v) is 8.32. The summed E-state index contributed by atoms with van der Waals surface area (Å²) >= 11 is 0. The lowest BCUT2D eigenvalue weighted by atomic mass is 10.1. The minimum Gasteiger partial charge on any atom is -0.381 e. The van der Waals surface area contributed by atoms with E-state index >= 15 is 0 Å². The van der Waals surface area contributed by atoms with Gasteiger partial charge in [0.2, 0.25) is 0 Å². The fourth-order valence-corrected chi connectivity index (χ4v) is 2.62. The van der Waals surface area contributed by atoms with Gasteiger partial charge in [0, 0.05) is 38.2 Å². The topological polar surface area (TPSA) is 62.9 Å². The number of ether oxygens (including phenoxy) is 1. The second-order valence-corrected chi connectivity index (χ2v) is 5.57. The van der Waals surface area contributed by atoms with Crippen LogP contribution in [0.15, 0.2) is 15.6 Å². The molecule has 1 aliphatic rings. The van der Waals surface area contributed by atoms with Crippen LogP contribution in [0.25, 0.3) is 0 Å². The van der Waals surface area contributed by atoms with Gasteiger partial charge >= 0.3 is 0 Å². The summed E-state index contributed by atoms with van der Waals surface area (Å²) in [5.74, 6) is 2.37. The number of nitrogens with one attached hydrogen (secondary N) is 1. The molecule has 1 fully saturated rings. The van der Waals surface area contributed by atoms with Crippen molar-refractivity contribution in [2.45, 2.75) is 40.2 Å². The van der Waals surface area contributed by atoms with E-state index in [0.717, 1.165) is 63.1 Å². The van der Waals surface area contributed by atoms with Crippen LogP contribution in [0.4, 0.5) is 0 Å². The van der Waals surface area contributed by atoms with Gasteiger partial charge in [0.05, 0.1) is 12.3 Å². The second-order valence-electron chi connectivity index (χ2n) is 5.57. The van der Waals surface area contributed by atoms with E-state index in [4.69, 9.17) is 9.26 Å². The number of hydrogen-bond acceptors (Lipinski definition) is 4. The van der Waals surface area contributed by atoms with E-state index in [0.29, 0.717) is 12.5 Å². The lowest BCUT2D eigenvalue weighted by Crippen LogP contribution is -2.40. The van der Waals surface area contributed by atoms with Crippen LogP contribution in [-0.4, -0.2) is 48.9 Å². The van der Waals surface area contributed by atoms with Gasteiger partial charge in [-0.15, -0.1) is 0 Å². The summed E-state index contributed by atoms with van der Waals surface area (Å²) in [5, 5.41) is 7.37. The highest BCUT2D eigenvalue weighted by molar-refractivity contribution is 5.80. The normalized spacial score (nSPS) is 19.0. The van der Waals surface area contributed by atoms with Gasteiger partial charge < -0.3 is 19.5 Å². The fourth-order valence-electron chi connectivity index (χ4n) is 2.62. The van der Waals surface area contributed by atoms with E-state index in [1.54, 1.807) is 0 Å². The first-order chi connectivity index (χ1) is 10.8. The van der Waals surface area contributed by atoms with Gasteiger partial charge in [-0.1, -0.05) is 12.1 Å². The summed E-state index contributed by atoms with van der Waals surface area (Å²) in [5.41, 5.74) is 0.980. The maximum Gasteiger partial charge on any atom is 0.194 e. The Kier molecular flexibility index (Phi) is 6.71. The molecule has 0 amide bonds. The van der Waals surface area contributed by atoms with Crippen molar-refractivity contribution in [1.29, 1.82) is 0 Å². The third kappa shape index (κ3) is 4.73. The molecular formula is C16H28N4O2. The molecular weight excluding hydrogens is 280 g/mol. The van der Waals surface area contributed by atoms with Gasteiger partial charge in [0.1, 0.15) is 6.54 Å². The molecule has 2 rings (SSSR count). The SMILES string of the molecule is CCNC(=NCc1cc(CC)no1)N1CCC(COCC)C1. The average molecular weight is 308 g/mol. The quantitative estimate of drug-likeness (QED) is 0.617. The maximum atomic E-state index is 5.54. The lowest BCUT2D eigenvalue weighted by molar-refractivity contribution is 0.114. The van der Waals surface area contributed by atoms with Crippen molar-refractivity contribution in [3.63, 3.8) is 0 Å². The molecule has 0 aliphatic carbocycles. The molecule has 0 radical (unpaired) electrons. The second kappa shape index (κ2) is 8.78. The molecule has 124 valence electrons. The standard InChI is InChI=1S/C16H28N4O2/c1-4-14-9-15(22-19-14)10-18-16(17-5-2)20-8-7-13(11-20)12-21-6-3/h9,13H,4-8,10-12H2,1-3H3,(H,17,18). The number of aromatic nitrogens is 1. The molecule has 1 N–H and O–H groups in total. The summed E-state index contributed by atoms with van der Waals surface area (Å²) in [4.78, 5) is 6.99. The van der Waals surface area contributed by atoms with Crippen LogP contribution in [0.1, 0.15) is 38.6 Å². The molecule has 0 saturated carbocycles. The predicted octanol–water partition coefficient (Wildman–Crippen LogP) is 2.06. The number of aliphatic imine (C=N–C) groups is 1. The predicted molar refractivity (Wildman–Crippen MR) is 86.9 cm³/mol. The third-order valence-corrected chi connectivity index (χ3v) is 3.83. The van der Waals surface area contributed by atoms with Crippen molar-refractivity contribution in [3.05, 3.63) is 17.5 Å². The van der Waals surface area contributed by atoms with Crippen LogP contribution >= 0.6 is 0 Å². The van der Waals surface area contributed by atoms with Crippen molar-refractivity contribution in [2.24, 2.45) is 10.9 Å². The minimum atomic E-state index is 0.530. The van der Waals surface area contributed by atoms with E-state index < -0.39 is 0 Å². The molecule has 6 nitrogen and oxygen atoms in total. The highest BCUT2D eigenvalue weighted by Crippen LogP contribution is 2.17.